The molecule has 1 fully saturated rings. The summed E-state index contributed by atoms with van der Waals surface area (Å²) in [6.45, 7) is 5.83. The third-order valence-corrected chi connectivity index (χ3v) is 6.50. The van der Waals surface area contributed by atoms with Gasteiger partial charge in [0, 0.05) is 65.9 Å². The van der Waals surface area contributed by atoms with Gasteiger partial charge in [-0.15, -0.1) is 0 Å². The number of nitrogens with one attached hydrogen (secondary N) is 2. The predicted octanol–water partition coefficient (Wildman–Crippen LogP) is 4.10. The largest absolute Gasteiger partial charge is 0.354 e. The lowest BCUT2D eigenvalue weighted by Gasteiger charge is -2.34. The van der Waals surface area contributed by atoms with Crippen molar-refractivity contribution in [3.05, 3.63) is 68.9 Å². The second-order valence-electron chi connectivity index (χ2n) is 8.13. The van der Waals surface area contributed by atoms with Gasteiger partial charge in [0.05, 0.1) is 11.3 Å². The van der Waals surface area contributed by atoms with Crippen molar-refractivity contribution in [3.63, 3.8) is 0 Å². The maximum absolute atomic E-state index is 12.7. The Hall–Kier alpha value is -2.90. The lowest BCUT2D eigenvalue weighted by atomic mass is 10.1. The SMILES string of the molecule is CC(=O)N1CCN(Cc2ccc3[nH]c(-c4cc5cc(Br)ccc5[nH]c4=O)cc3c2)CC1. The first-order valence-corrected chi connectivity index (χ1v) is 11.2. The molecule has 0 saturated carbocycles. The second kappa shape index (κ2) is 7.98. The number of halogens is 1. The molecular weight excluding hydrogens is 456 g/mol. The standard InChI is InChI=1S/C24H23BrN4O2/c1-15(30)29-8-6-28(7-9-29)14-16-2-4-21-17(10-16)13-23(26-21)20-12-18-11-19(25)3-5-22(18)27-24(20)31/h2-5,10-13,26H,6-9,14H2,1H3,(H,27,31). The van der Waals surface area contributed by atoms with E-state index in [1.165, 1.54) is 5.56 Å². The predicted molar refractivity (Wildman–Crippen MR) is 127 cm³/mol. The van der Waals surface area contributed by atoms with Crippen LogP contribution in [-0.4, -0.2) is 51.9 Å². The molecule has 6 nitrogen and oxygen atoms in total. The molecule has 3 heterocycles. The van der Waals surface area contributed by atoms with E-state index >= 15 is 0 Å². The van der Waals surface area contributed by atoms with Crippen LogP contribution in [0.3, 0.4) is 0 Å². The number of hydrogen-bond acceptors (Lipinski definition) is 3. The van der Waals surface area contributed by atoms with Gasteiger partial charge in [0.25, 0.3) is 5.56 Å². The summed E-state index contributed by atoms with van der Waals surface area (Å²) in [5.74, 6) is 0.150. The van der Waals surface area contributed by atoms with Crippen molar-refractivity contribution in [3.8, 4) is 11.3 Å². The molecule has 0 bridgehead atoms. The minimum Gasteiger partial charge on any atom is -0.354 e. The van der Waals surface area contributed by atoms with Crippen LogP contribution in [0.2, 0.25) is 0 Å². The number of H-pyrrole nitrogens is 2. The fourth-order valence-corrected chi connectivity index (χ4v) is 4.66. The van der Waals surface area contributed by atoms with Gasteiger partial charge < -0.3 is 14.9 Å². The molecule has 1 aliphatic rings. The fraction of sp³-hybridized carbons (Fsp3) is 0.250. The van der Waals surface area contributed by atoms with E-state index in [9.17, 15) is 9.59 Å². The van der Waals surface area contributed by atoms with Gasteiger partial charge in [-0.25, -0.2) is 0 Å². The van der Waals surface area contributed by atoms with Crippen molar-refractivity contribution < 1.29 is 4.79 Å². The summed E-state index contributed by atoms with van der Waals surface area (Å²) in [4.78, 5) is 34.8. The Bertz CT molecular complexity index is 1350. The van der Waals surface area contributed by atoms with Gasteiger partial charge in [-0.2, -0.15) is 0 Å². The van der Waals surface area contributed by atoms with Gasteiger partial charge in [-0.1, -0.05) is 22.0 Å². The van der Waals surface area contributed by atoms with E-state index in [1.807, 2.05) is 35.2 Å². The average Bonchev–Trinajstić information content (AvgIpc) is 3.17. The third kappa shape index (κ3) is 4.03. The summed E-state index contributed by atoms with van der Waals surface area (Å²) in [5, 5.41) is 2.07. The van der Waals surface area contributed by atoms with Gasteiger partial charge in [0.1, 0.15) is 0 Å². The molecule has 0 aliphatic carbocycles. The van der Waals surface area contributed by atoms with Gasteiger partial charge >= 0.3 is 0 Å². The van der Waals surface area contributed by atoms with Crippen molar-refractivity contribution in [1.82, 2.24) is 19.8 Å². The topological polar surface area (TPSA) is 72.2 Å². The molecule has 5 rings (SSSR count). The van der Waals surface area contributed by atoms with Gasteiger partial charge in [0.2, 0.25) is 5.91 Å². The van der Waals surface area contributed by atoms with Crippen LogP contribution in [0.5, 0.6) is 0 Å². The van der Waals surface area contributed by atoms with Crippen molar-refractivity contribution >= 4 is 43.6 Å². The normalized spacial score (nSPS) is 15.1. The number of pyridine rings is 1. The van der Waals surface area contributed by atoms with Crippen LogP contribution in [0.1, 0.15) is 12.5 Å². The van der Waals surface area contributed by atoms with Crippen LogP contribution in [0.4, 0.5) is 0 Å². The molecule has 0 unspecified atom stereocenters. The molecule has 1 amide bonds. The molecule has 0 radical (unpaired) electrons. The first-order valence-electron chi connectivity index (χ1n) is 10.4. The number of aromatic amines is 2. The highest BCUT2D eigenvalue weighted by atomic mass is 79.9. The van der Waals surface area contributed by atoms with E-state index in [2.05, 4.69) is 49.0 Å². The summed E-state index contributed by atoms with van der Waals surface area (Å²) in [7, 11) is 0. The molecular formula is C24H23BrN4O2. The lowest BCUT2D eigenvalue weighted by Crippen LogP contribution is -2.47. The van der Waals surface area contributed by atoms with E-state index in [1.54, 1.807) is 6.92 Å². The summed E-state index contributed by atoms with van der Waals surface area (Å²) < 4.78 is 0.975. The number of carbonyl (C=O) groups is 1. The van der Waals surface area contributed by atoms with E-state index < -0.39 is 0 Å². The zero-order valence-corrected chi connectivity index (χ0v) is 18.8. The average molecular weight is 479 g/mol. The van der Waals surface area contributed by atoms with Crippen molar-refractivity contribution in [1.29, 1.82) is 0 Å². The minimum atomic E-state index is -0.107. The van der Waals surface area contributed by atoms with Crippen molar-refractivity contribution in [2.75, 3.05) is 26.2 Å². The Morgan fingerprint density at radius 1 is 0.935 bits per heavy atom. The fourth-order valence-electron chi connectivity index (χ4n) is 4.28. The van der Waals surface area contributed by atoms with E-state index in [-0.39, 0.29) is 11.5 Å². The molecule has 2 aromatic heterocycles. The smallest absolute Gasteiger partial charge is 0.257 e. The zero-order valence-electron chi connectivity index (χ0n) is 17.2. The van der Waals surface area contributed by atoms with Crippen LogP contribution in [0, 0.1) is 0 Å². The molecule has 0 spiro atoms. The Labute approximate surface area is 188 Å². The molecule has 0 atom stereocenters. The number of carbonyl (C=O) groups excluding carboxylic acids is 1. The number of fused-ring (bicyclic) bond motifs is 2. The lowest BCUT2D eigenvalue weighted by molar-refractivity contribution is -0.130. The van der Waals surface area contributed by atoms with Gasteiger partial charge in [-0.3, -0.25) is 14.5 Å². The Kier molecular flexibility index (Phi) is 5.16. The van der Waals surface area contributed by atoms with E-state index in [4.69, 9.17) is 0 Å². The van der Waals surface area contributed by atoms with Crippen LogP contribution < -0.4 is 5.56 Å². The Morgan fingerprint density at radius 2 is 1.65 bits per heavy atom. The molecule has 4 aromatic rings. The highest BCUT2D eigenvalue weighted by Gasteiger charge is 2.18. The number of piperazine rings is 1. The molecule has 31 heavy (non-hydrogen) atoms. The van der Waals surface area contributed by atoms with Crippen LogP contribution >= 0.6 is 15.9 Å². The molecule has 7 heteroatoms. The van der Waals surface area contributed by atoms with Crippen LogP contribution in [0.25, 0.3) is 33.1 Å². The Morgan fingerprint density at radius 3 is 2.42 bits per heavy atom. The van der Waals surface area contributed by atoms with E-state index in [0.29, 0.717) is 5.56 Å². The summed E-state index contributed by atoms with van der Waals surface area (Å²) in [5.41, 5.74) is 4.39. The molecule has 158 valence electrons. The van der Waals surface area contributed by atoms with Crippen LogP contribution in [-0.2, 0) is 11.3 Å². The minimum absolute atomic E-state index is 0.107. The zero-order chi connectivity index (χ0) is 21.5. The number of rotatable bonds is 3. The number of amides is 1. The third-order valence-electron chi connectivity index (χ3n) is 6.01. The van der Waals surface area contributed by atoms with E-state index in [0.717, 1.165) is 64.7 Å². The molecule has 2 aromatic carbocycles. The Balaban J connectivity index is 1.41. The second-order valence-corrected chi connectivity index (χ2v) is 9.05. The number of benzene rings is 2. The molecule has 1 aliphatic heterocycles. The first kappa shape index (κ1) is 20.0. The highest BCUT2D eigenvalue weighted by molar-refractivity contribution is 9.10. The molecule has 1 saturated heterocycles. The highest BCUT2D eigenvalue weighted by Crippen LogP contribution is 2.26. The monoisotopic (exact) mass is 478 g/mol. The maximum atomic E-state index is 12.7. The number of nitrogens with zero attached hydrogens (tertiary/aromatic N) is 2. The number of aromatic nitrogens is 2. The molecule has 2 N–H and O–H groups in total. The summed E-state index contributed by atoms with van der Waals surface area (Å²) in [6, 6.07) is 16.2. The maximum Gasteiger partial charge on any atom is 0.257 e. The van der Waals surface area contributed by atoms with Crippen molar-refractivity contribution in [2.45, 2.75) is 13.5 Å². The quantitative estimate of drug-likeness (QED) is 0.465. The summed E-state index contributed by atoms with van der Waals surface area (Å²) >= 11 is 3.50. The van der Waals surface area contributed by atoms with Gasteiger partial charge in [0.15, 0.2) is 0 Å². The first-order chi connectivity index (χ1) is 15.0. The van der Waals surface area contributed by atoms with Crippen molar-refractivity contribution in [2.24, 2.45) is 0 Å². The van der Waals surface area contributed by atoms with Gasteiger partial charge in [-0.05, 0) is 48.0 Å². The summed E-state index contributed by atoms with van der Waals surface area (Å²) in [6.07, 6.45) is 0. The number of hydrogen-bond donors (Lipinski definition) is 2. The van der Waals surface area contributed by atoms with Crippen LogP contribution in [0.15, 0.2) is 57.8 Å².